The van der Waals surface area contributed by atoms with Crippen LogP contribution in [0.15, 0.2) is 24.3 Å². The van der Waals surface area contributed by atoms with Gasteiger partial charge in [-0.15, -0.1) is 0 Å². The molecule has 1 atom stereocenters. The highest BCUT2D eigenvalue weighted by molar-refractivity contribution is 5.82. The van der Waals surface area contributed by atoms with Gasteiger partial charge in [0.2, 0.25) is 6.10 Å². The Bertz CT molecular complexity index is 411. The zero-order valence-corrected chi connectivity index (χ0v) is 8.23. The minimum atomic E-state index is -0.808. The molecule has 1 heterocycles. The topological polar surface area (TPSA) is 52.6 Å². The van der Waals surface area contributed by atoms with Gasteiger partial charge in [-0.1, -0.05) is 18.2 Å². The number of rotatable bonds is 1. The average Bonchev–Trinajstić information content (AvgIpc) is 2.18. The first-order chi connectivity index (χ1) is 7.16. The molecule has 0 N–H and O–H groups in total. The van der Waals surface area contributed by atoms with Gasteiger partial charge >= 0.3 is 11.9 Å². The van der Waals surface area contributed by atoms with Gasteiger partial charge in [-0.2, -0.15) is 0 Å². The van der Waals surface area contributed by atoms with E-state index in [1.165, 1.54) is 6.92 Å². The first kappa shape index (κ1) is 9.71. The van der Waals surface area contributed by atoms with Crippen LogP contribution in [0.4, 0.5) is 0 Å². The molecule has 1 aliphatic rings. The van der Waals surface area contributed by atoms with Crippen molar-refractivity contribution in [3.63, 3.8) is 0 Å². The number of esters is 2. The van der Waals surface area contributed by atoms with E-state index in [0.717, 1.165) is 5.56 Å². The van der Waals surface area contributed by atoms with E-state index in [1.54, 1.807) is 12.1 Å². The van der Waals surface area contributed by atoms with Crippen LogP contribution in [0, 0.1) is 0 Å². The second-order valence-electron chi connectivity index (χ2n) is 3.33. The average molecular weight is 206 g/mol. The number of benzene rings is 1. The molecule has 2 rings (SSSR count). The third-order valence-corrected chi connectivity index (χ3v) is 2.16. The second kappa shape index (κ2) is 3.73. The summed E-state index contributed by atoms with van der Waals surface area (Å²) in [5, 5.41) is 0. The van der Waals surface area contributed by atoms with Crippen molar-refractivity contribution in [2.45, 2.75) is 19.4 Å². The highest BCUT2D eigenvalue weighted by Crippen LogP contribution is 2.25. The maximum Gasteiger partial charge on any atom is 0.353 e. The van der Waals surface area contributed by atoms with Crippen molar-refractivity contribution in [2.75, 3.05) is 0 Å². The lowest BCUT2D eigenvalue weighted by atomic mass is 10.0. The summed E-state index contributed by atoms with van der Waals surface area (Å²) >= 11 is 0. The number of ether oxygens (including phenoxy) is 2. The Hall–Kier alpha value is -1.84. The third-order valence-electron chi connectivity index (χ3n) is 2.16. The van der Waals surface area contributed by atoms with E-state index in [4.69, 9.17) is 9.47 Å². The molecule has 0 saturated carbocycles. The molecule has 0 bridgehead atoms. The number of para-hydroxylation sites is 1. The third kappa shape index (κ3) is 1.98. The SMILES string of the molecule is CC(=O)O[C@@H]1Cc2ccccc2OC1=O. The van der Waals surface area contributed by atoms with Crippen LogP contribution in [0.25, 0.3) is 0 Å². The maximum absolute atomic E-state index is 11.4. The molecular formula is C11H10O4. The lowest BCUT2D eigenvalue weighted by Gasteiger charge is -2.22. The highest BCUT2D eigenvalue weighted by atomic mass is 16.6. The molecule has 1 aromatic carbocycles. The van der Waals surface area contributed by atoms with Crippen LogP contribution in [0.2, 0.25) is 0 Å². The minimum absolute atomic E-state index is 0.384. The van der Waals surface area contributed by atoms with Gasteiger partial charge in [-0.3, -0.25) is 4.79 Å². The van der Waals surface area contributed by atoms with Crippen LogP contribution >= 0.6 is 0 Å². The normalized spacial score (nSPS) is 19.0. The molecule has 0 aromatic heterocycles. The maximum atomic E-state index is 11.4. The minimum Gasteiger partial charge on any atom is -0.450 e. The highest BCUT2D eigenvalue weighted by Gasteiger charge is 2.30. The molecule has 1 aromatic rings. The van der Waals surface area contributed by atoms with E-state index in [-0.39, 0.29) is 0 Å². The summed E-state index contributed by atoms with van der Waals surface area (Å²) in [7, 11) is 0. The predicted octanol–water partition coefficient (Wildman–Crippen LogP) is 1.08. The lowest BCUT2D eigenvalue weighted by Crippen LogP contribution is -2.35. The lowest BCUT2D eigenvalue weighted by molar-refractivity contribution is -0.161. The first-order valence-electron chi connectivity index (χ1n) is 4.63. The molecule has 4 nitrogen and oxygen atoms in total. The summed E-state index contributed by atoms with van der Waals surface area (Å²) in [4.78, 5) is 22.1. The summed E-state index contributed by atoms with van der Waals surface area (Å²) < 4.78 is 9.88. The molecule has 0 aliphatic carbocycles. The Balaban J connectivity index is 2.22. The Morgan fingerprint density at radius 2 is 2.20 bits per heavy atom. The number of hydrogen-bond donors (Lipinski definition) is 0. The molecular weight excluding hydrogens is 196 g/mol. The number of carbonyl (C=O) groups is 2. The number of carbonyl (C=O) groups excluding carboxylic acids is 2. The summed E-state index contributed by atoms with van der Waals surface area (Å²) in [6.45, 7) is 1.27. The molecule has 0 spiro atoms. The van der Waals surface area contributed by atoms with Gasteiger partial charge in [0.25, 0.3) is 0 Å². The van der Waals surface area contributed by atoms with Crippen LogP contribution in [0.1, 0.15) is 12.5 Å². The molecule has 15 heavy (non-hydrogen) atoms. The molecule has 0 amide bonds. The fraction of sp³-hybridized carbons (Fsp3) is 0.273. The van der Waals surface area contributed by atoms with Crippen LogP contribution < -0.4 is 4.74 Å². The van der Waals surface area contributed by atoms with Gasteiger partial charge in [-0.05, 0) is 11.6 Å². The van der Waals surface area contributed by atoms with E-state index in [1.807, 2.05) is 12.1 Å². The van der Waals surface area contributed by atoms with Gasteiger partial charge in [0.05, 0.1) is 0 Å². The van der Waals surface area contributed by atoms with Crippen molar-refractivity contribution in [2.24, 2.45) is 0 Å². The molecule has 0 fully saturated rings. The smallest absolute Gasteiger partial charge is 0.353 e. The van der Waals surface area contributed by atoms with E-state index in [9.17, 15) is 9.59 Å². The van der Waals surface area contributed by atoms with Crippen molar-refractivity contribution >= 4 is 11.9 Å². The number of hydrogen-bond acceptors (Lipinski definition) is 4. The van der Waals surface area contributed by atoms with Gasteiger partial charge in [0, 0.05) is 13.3 Å². The van der Waals surface area contributed by atoms with Crippen molar-refractivity contribution in [3.8, 4) is 5.75 Å². The van der Waals surface area contributed by atoms with Gasteiger partial charge in [0.15, 0.2) is 0 Å². The summed E-state index contributed by atoms with van der Waals surface area (Å²) in [6.07, 6.45) is -0.424. The van der Waals surface area contributed by atoms with Crippen molar-refractivity contribution in [1.82, 2.24) is 0 Å². The van der Waals surface area contributed by atoms with Crippen molar-refractivity contribution in [3.05, 3.63) is 29.8 Å². The molecule has 78 valence electrons. The van der Waals surface area contributed by atoms with E-state index < -0.39 is 18.0 Å². The van der Waals surface area contributed by atoms with E-state index in [2.05, 4.69) is 0 Å². The fourth-order valence-corrected chi connectivity index (χ4v) is 1.52. The molecule has 0 unspecified atom stereocenters. The number of fused-ring (bicyclic) bond motifs is 1. The second-order valence-corrected chi connectivity index (χ2v) is 3.33. The molecule has 4 heteroatoms. The van der Waals surface area contributed by atoms with Gasteiger partial charge in [-0.25, -0.2) is 4.79 Å². The Kier molecular flexibility index (Phi) is 2.41. The summed E-state index contributed by atoms with van der Waals surface area (Å²) in [6, 6.07) is 7.20. The Morgan fingerprint density at radius 3 is 2.93 bits per heavy atom. The van der Waals surface area contributed by atoms with Crippen molar-refractivity contribution in [1.29, 1.82) is 0 Å². The Labute approximate surface area is 86.8 Å². The summed E-state index contributed by atoms with van der Waals surface area (Å²) in [5.41, 5.74) is 0.878. The molecule has 1 aliphatic heterocycles. The zero-order valence-electron chi connectivity index (χ0n) is 8.23. The predicted molar refractivity (Wildman–Crippen MR) is 51.3 cm³/mol. The van der Waals surface area contributed by atoms with Gasteiger partial charge < -0.3 is 9.47 Å². The molecule has 0 saturated heterocycles. The Morgan fingerprint density at radius 1 is 1.47 bits per heavy atom. The van der Waals surface area contributed by atoms with Crippen LogP contribution in [-0.2, 0) is 20.7 Å². The van der Waals surface area contributed by atoms with Crippen LogP contribution in [-0.4, -0.2) is 18.0 Å². The largest absolute Gasteiger partial charge is 0.450 e. The van der Waals surface area contributed by atoms with Crippen LogP contribution in [0.5, 0.6) is 5.75 Å². The zero-order chi connectivity index (χ0) is 10.8. The van der Waals surface area contributed by atoms with E-state index >= 15 is 0 Å². The quantitative estimate of drug-likeness (QED) is 0.509. The monoisotopic (exact) mass is 206 g/mol. The van der Waals surface area contributed by atoms with Crippen molar-refractivity contribution < 1.29 is 19.1 Å². The standard InChI is InChI=1S/C11H10O4/c1-7(12)14-10-6-8-4-2-3-5-9(8)15-11(10)13/h2-5,10H,6H2,1H3/t10-/m1/s1. The fourth-order valence-electron chi connectivity index (χ4n) is 1.52. The first-order valence-corrected chi connectivity index (χ1v) is 4.63. The summed E-state index contributed by atoms with van der Waals surface area (Å²) in [5.74, 6) is -0.439. The van der Waals surface area contributed by atoms with Gasteiger partial charge in [0.1, 0.15) is 5.75 Å². The van der Waals surface area contributed by atoms with Crippen LogP contribution in [0.3, 0.4) is 0 Å². The molecule has 0 radical (unpaired) electrons. The van der Waals surface area contributed by atoms with E-state index in [0.29, 0.717) is 12.2 Å².